The number of amides is 1. The molecule has 1 atom stereocenters. The Balaban J connectivity index is 1.45. The van der Waals surface area contributed by atoms with Gasteiger partial charge in [-0.1, -0.05) is 30.3 Å². The molecule has 0 aromatic heterocycles. The van der Waals surface area contributed by atoms with Gasteiger partial charge >= 0.3 is 0 Å². The van der Waals surface area contributed by atoms with Crippen LogP contribution in [0, 0.1) is 5.82 Å². The van der Waals surface area contributed by atoms with Crippen molar-refractivity contribution in [3.05, 3.63) is 83.7 Å². The van der Waals surface area contributed by atoms with Crippen LogP contribution in [0.4, 0.5) is 4.39 Å². The molecule has 0 aliphatic carbocycles. The molecule has 6 nitrogen and oxygen atoms in total. The third-order valence-electron chi connectivity index (χ3n) is 5.36. The van der Waals surface area contributed by atoms with Crippen molar-refractivity contribution < 1.29 is 27.1 Å². The molecule has 33 heavy (non-hydrogen) atoms. The molecule has 1 fully saturated rings. The van der Waals surface area contributed by atoms with Gasteiger partial charge in [0, 0.05) is 17.9 Å². The highest BCUT2D eigenvalue weighted by atomic mass is 32.2. The fourth-order valence-corrected chi connectivity index (χ4v) is 5.21. The third kappa shape index (κ3) is 5.70. The molecule has 1 heterocycles. The van der Waals surface area contributed by atoms with E-state index in [1.165, 1.54) is 12.1 Å². The van der Waals surface area contributed by atoms with Crippen LogP contribution in [-0.2, 0) is 21.4 Å². The second-order valence-corrected chi connectivity index (χ2v) is 9.61. The van der Waals surface area contributed by atoms with Crippen LogP contribution in [0.1, 0.15) is 30.4 Å². The number of nitrogens with one attached hydrogen (secondary N) is 1. The molecule has 3 aromatic rings. The predicted molar refractivity (Wildman–Crippen MR) is 123 cm³/mol. The van der Waals surface area contributed by atoms with E-state index in [1.54, 1.807) is 30.3 Å². The number of ether oxygens (including phenoxy) is 2. The Morgan fingerprint density at radius 3 is 2.55 bits per heavy atom. The van der Waals surface area contributed by atoms with Gasteiger partial charge in [-0.05, 0) is 60.0 Å². The van der Waals surface area contributed by atoms with Crippen molar-refractivity contribution >= 4 is 15.9 Å². The van der Waals surface area contributed by atoms with E-state index in [0.29, 0.717) is 30.3 Å². The Labute approximate surface area is 192 Å². The van der Waals surface area contributed by atoms with Crippen LogP contribution in [-0.4, -0.2) is 26.7 Å². The Bertz CT molecular complexity index is 1260. The lowest BCUT2D eigenvalue weighted by Gasteiger charge is -2.22. The highest BCUT2D eigenvalue weighted by molar-refractivity contribution is 7.90. The van der Waals surface area contributed by atoms with Gasteiger partial charge in [0.1, 0.15) is 23.9 Å². The molecule has 1 saturated heterocycles. The summed E-state index contributed by atoms with van der Waals surface area (Å²) in [6.07, 6.45) is 0.135. The highest BCUT2D eigenvalue weighted by Gasteiger charge is 2.30. The van der Waals surface area contributed by atoms with E-state index in [4.69, 9.17) is 9.47 Å². The second-order valence-electron chi connectivity index (χ2n) is 7.84. The van der Waals surface area contributed by atoms with Crippen molar-refractivity contribution in [2.45, 2.75) is 25.9 Å². The molecule has 0 radical (unpaired) electrons. The maximum atomic E-state index is 13.8. The van der Waals surface area contributed by atoms with E-state index in [9.17, 15) is 17.6 Å². The van der Waals surface area contributed by atoms with Crippen molar-refractivity contribution in [2.24, 2.45) is 0 Å². The number of halogens is 1. The monoisotopic (exact) mass is 469 g/mol. The fourth-order valence-electron chi connectivity index (χ4n) is 3.86. The predicted octanol–water partition coefficient (Wildman–Crippen LogP) is 4.40. The van der Waals surface area contributed by atoms with Crippen molar-refractivity contribution in [1.29, 1.82) is 0 Å². The van der Waals surface area contributed by atoms with Gasteiger partial charge in [0.2, 0.25) is 15.9 Å². The molecule has 1 aliphatic heterocycles. The van der Waals surface area contributed by atoms with Gasteiger partial charge < -0.3 is 9.47 Å². The summed E-state index contributed by atoms with van der Waals surface area (Å²) in [4.78, 5) is 11.7. The van der Waals surface area contributed by atoms with E-state index in [-0.39, 0.29) is 23.9 Å². The topological polar surface area (TPSA) is 81.7 Å². The van der Waals surface area contributed by atoms with E-state index in [1.807, 2.05) is 35.9 Å². The first kappa shape index (κ1) is 22.8. The van der Waals surface area contributed by atoms with Crippen molar-refractivity contribution in [1.82, 2.24) is 4.72 Å². The third-order valence-corrected chi connectivity index (χ3v) is 6.74. The normalized spacial score (nSPS) is 17.3. The van der Waals surface area contributed by atoms with Crippen LogP contribution >= 0.6 is 0 Å². The molecule has 1 aliphatic rings. The molecule has 3 aromatic carbocycles. The highest BCUT2D eigenvalue weighted by Crippen LogP contribution is 2.32. The number of hydrogen-bond donors (Lipinski definition) is 1. The number of rotatable bonds is 7. The van der Waals surface area contributed by atoms with E-state index >= 15 is 0 Å². The summed E-state index contributed by atoms with van der Waals surface area (Å²) in [6.45, 7) is 2.66. The van der Waals surface area contributed by atoms with Crippen LogP contribution in [0.3, 0.4) is 0 Å². The molecular weight excluding hydrogens is 445 g/mol. The summed E-state index contributed by atoms with van der Waals surface area (Å²) in [5.41, 5.74) is 3.18. The molecule has 8 heteroatoms. The molecule has 172 valence electrons. The molecule has 1 amide bonds. The Kier molecular flexibility index (Phi) is 6.65. The fraction of sp³-hybridized carbons (Fsp3) is 0.240. The van der Waals surface area contributed by atoms with Gasteiger partial charge in [-0.25, -0.2) is 12.8 Å². The minimum absolute atomic E-state index is 0.116. The number of sulfonamides is 1. The molecule has 0 spiro atoms. The molecule has 0 bridgehead atoms. The maximum Gasteiger partial charge on any atom is 0.235 e. The lowest BCUT2D eigenvalue weighted by Crippen LogP contribution is -2.40. The molecular formula is C25H24FNO5S. The van der Waals surface area contributed by atoms with E-state index in [0.717, 1.165) is 16.7 Å². The van der Waals surface area contributed by atoms with Gasteiger partial charge in [-0.15, -0.1) is 0 Å². The largest absolute Gasteiger partial charge is 0.493 e. The number of hydrogen-bond acceptors (Lipinski definition) is 5. The van der Waals surface area contributed by atoms with Crippen LogP contribution in [0.15, 0.2) is 66.7 Å². The van der Waals surface area contributed by atoms with Crippen molar-refractivity contribution in [3.63, 3.8) is 0 Å². The van der Waals surface area contributed by atoms with Gasteiger partial charge in [-0.2, -0.15) is 0 Å². The zero-order valence-corrected chi connectivity index (χ0v) is 18.9. The SMILES string of the molecule is CCOc1ccc(F)cc1-c1cccc(COc2ccc(C3CC(=O)NS(=O)(=O)C3)cc2)c1. The van der Waals surface area contributed by atoms with Crippen LogP contribution in [0.2, 0.25) is 0 Å². The van der Waals surface area contributed by atoms with Crippen molar-refractivity contribution in [2.75, 3.05) is 12.4 Å². The number of carbonyl (C=O) groups excluding carboxylic acids is 1. The van der Waals surface area contributed by atoms with Crippen LogP contribution in [0.5, 0.6) is 11.5 Å². The van der Waals surface area contributed by atoms with Gasteiger partial charge in [0.15, 0.2) is 0 Å². The minimum atomic E-state index is -3.59. The summed E-state index contributed by atoms with van der Waals surface area (Å²) in [5.74, 6) is -0.0785. The zero-order valence-electron chi connectivity index (χ0n) is 18.1. The first-order valence-corrected chi connectivity index (χ1v) is 12.3. The van der Waals surface area contributed by atoms with E-state index in [2.05, 4.69) is 0 Å². The first-order chi connectivity index (χ1) is 15.8. The molecule has 1 N–H and O–H groups in total. The maximum absolute atomic E-state index is 13.8. The summed E-state index contributed by atoms with van der Waals surface area (Å²) >= 11 is 0. The summed E-state index contributed by atoms with van der Waals surface area (Å²) < 4.78 is 51.0. The lowest BCUT2D eigenvalue weighted by atomic mass is 9.97. The average Bonchev–Trinajstić information content (AvgIpc) is 2.78. The number of carbonyl (C=O) groups is 1. The quantitative estimate of drug-likeness (QED) is 0.555. The second kappa shape index (κ2) is 9.62. The summed E-state index contributed by atoms with van der Waals surface area (Å²) in [5, 5.41) is 0. The standard InChI is InChI=1S/C25H24FNO5S/c1-2-31-24-11-8-21(26)14-23(24)19-5-3-4-17(12-19)15-32-22-9-6-18(7-10-22)20-13-25(28)27-33(29,30)16-20/h3-12,14,20H,2,13,15-16H2,1H3,(H,27,28). The Morgan fingerprint density at radius 2 is 1.82 bits per heavy atom. The summed E-state index contributed by atoms with van der Waals surface area (Å²) in [7, 11) is -3.59. The minimum Gasteiger partial charge on any atom is -0.493 e. The summed E-state index contributed by atoms with van der Waals surface area (Å²) in [6, 6.07) is 19.2. The lowest BCUT2D eigenvalue weighted by molar-refractivity contribution is -0.119. The average molecular weight is 470 g/mol. The molecule has 0 saturated carbocycles. The molecule has 1 unspecified atom stereocenters. The van der Waals surface area contributed by atoms with Crippen LogP contribution in [0.25, 0.3) is 11.1 Å². The Hall–Kier alpha value is -3.39. The molecule has 4 rings (SSSR count). The van der Waals surface area contributed by atoms with E-state index < -0.39 is 15.9 Å². The number of benzene rings is 3. The zero-order chi connectivity index (χ0) is 23.4. The van der Waals surface area contributed by atoms with Crippen LogP contribution < -0.4 is 14.2 Å². The smallest absolute Gasteiger partial charge is 0.235 e. The Morgan fingerprint density at radius 1 is 1.03 bits per heavy atom. The first-order valence-electron chi connectivity index (χ1n) is 10.6. The van der Waals surface area contributed by atoms with Gasteiger partial charge in [0.25, 0.3) is 0 Å². The van der Waals surface area contributed by atoms with Gasteiger partial charge in [0.05, 0.1) is 12.4 Å². The van der Waals surface area contributed by atoms with Gasteiger partial charge in [-0.3, -0.25) is 9.52 Å². The van der Waals surface area contributed by atoms with Crippen molar-refractivity contribution in [3.8, 4) is 22.6 Å².